The van der Waals surface area contributed by atoms with Gasteiger partial charge in [-0.25, -0.2) is 4.98 Å². The number of hydrogen-bond donors (Lipinski definition) is 1. The van der Waals surface area contributed by atoms with Crippen molar-refractivity contribution < 1.29 is 14.3 Å². The zero-order valence-electron chi connectivity index (χ0n) is 17.7. The lowest BCUT2D eigenvalue weighted by Crippen LogP contribution is -2.27. The molecule has 1 N–H and O–H groups in total. The number of aryl methyl sites for hydroxylation is 1. The zero-order valence-corrected chi connectivity index (χ0v) is 18.5. The van der Waals surface area contributed by atoms with Crippen molar-refractivity contribution in [3.05, 3.63) is 35.2 Å². The van der Waals surface area contributed by atoms with Gasteiger partial charge in [0, 0.05) is 18.8 Å². The summed E-state index contributed by atoms with van der Waals surface area (Å²) >= 11 is 1.49. The van der Waals surface area contributed by atoms with Gasteiger partial charge >= 0.3 is 0 Å². The van der Waals surface area contributed by atoms with Gasteiger partial charge in [0.05, 0.1) is 25.7 Å². The van der Waals surface area contributed by atoms with Crippen molar-refractivity contribution in [2.45, 2.75) is 45.8 Å². The van der Waals surface area contributed by atoms with Crippen LogP contribution in [0.25, 0.3) is 0 Å². The van der Waals surface area contributed by atoms with Gasteiger partial charge in [-0.15, -0.1) is 0 Å². The number of thioether (sulfide) groups is 1. The van der Waals surface area contributed by atoms with E-state index in [2.05, 4.69) is 35.6 Å². The summed E-state index contributed by atoms with van der Waals surface area (Å²) in [5, 5.41) is 3.90. The third-order valence-corrected chi connectivity index (χ3v) is 5.46. The van der Waals surface area contributed by atoms with Crippen LogP contribution >= 0.6 is 11.8 Å². The number of methoxy groups -OCH3 is 2. The van der Waals surface area contributed by atoms with Crippen LogP contribution in [0.5, 0.6) is 11.5 Å². The van der Waals surface area contributed by atoms with Crippen molar-refractivity contribution in [2.75, 3.05) is 26.5 Å². The van der Waals surface area contributed by atoms with E-state index in [0.29, 0.717) is 29.7 Å². The third kappa shape index (κ3) is 5.92. The van der Waals surface area contributed by atoms with Gasteiger partial charge in [-0.2, -0.15) is 0 Å². The first-order valence-corrected chi connectivity index (χ1v) is 10.5. The molecule has 0 bridgehead atoms. The molecule has 2 rings (SSSR count). The Hall–Kier alpha value is -2.15. The predicted octanol–water partition coefficient (Wildman–Crippen LogP) is 3.62. The number of carbonyl (C=O) groups excluding carboxylic acids is 1. The van der Waals surface area contributed by atoms with Gasteiger partial charge < -0.3 is 19.4 Å². The lowest BCUT2D eigenvalue weighted by molar-refractivity contribution is -0.118. The van der Waals surface area contributed by atoms with Gasteiger partial charge in [0.25, 0.3) is 0 Å². The van der Waals surface area contributed by atoms with E-state index < -0.39 is 0 Å². The number of aromatic nitrogens is 2. The lowest BCUT2D eigenvalue weighted by Gasteiger charge is -2.12. The van der Waals surface area contributed by atoms with Crippen molar-refractivity contribution >= 4 is 17.7 Å². The molecule has 1 aromatic heterocycles. The van der Waals surface area contributed by atoms with E-state index in [-0.39, 0.29) is 5.91 Å². The first-order chi connectivity index (χ1) is 13.3. The molecular formula is C21H31N3O3S. The molecule has 1 heterocycles. The number of nitrogens with zero attached hydrogens (tertiary/aromatic N) is 2. The standard InChI is InChI=1S/C21H31N3O3S/c1-14(2)12-24-16(4)15(3)23-21(24)28-13-20(25)22-10-9-17-7-8-18(26-5)19(11-17)27-6/h7-8,11,14H,9-10,12-13H2,1-6H3,(H,22,25). The van der Waals surface area contributed by atoms with Crippen LogP contribution in [0, 0.1) is 19.8 Å². The second-order valence-corrected chi connectivity index (χ2v) is 8.09. The molecule has 0 saturated heterocycles. The molecule has 2 aromatic rings. The maximum absolute atomic E-state index is 12.2. The summed E-state index contributed by atoms with van der Waals surface area (Å²) in [7, 11) is 3.23. The number of amides is 1. The monoisotopic (exact) mass is 405 g/mol. The molecule has 0 unspecified atom stereocenters. The molecule has 0 atom stereocenters. The zero-order chi connectivity index (χ0) is 20.7. The number of benzene rings is 1. The Balaban J connectivity index is 1.85. The van der Waals surface area contributed by atoms with Crippen molar-refractivity contribution in [1.82, 2.24) is 14.9 Å². The predicted molar refractivity (Wildman–Crippen MR) is 114 cm³/mol. The van der Waals surface area contributed by atoms with Gasteiger partial charge in [-0.05, 0) is 43.9 Å². The van der Waals surface area contributed by atoms with Crippen LogP contribution in [0.4, 0.5) is 0 Å². The van der Waals surface area contributed by atoms with Gasteiger partial charge in [-0.3, -0.25) is 4.79 Å². The van der Waals surface area contributed by atoms with E-state index in [1.165, 1.54) is 17.5 Å². The Labute approximate surface area is 172 Å². The van der Waals surface area contributed by atoms with Crippen molar-refractivity contribution in [1.29, 1.82) is 0 Å². The number of imidazole rings is 1. The van der Waals surface area contributed by atoms with Crippen LogP contribution in [-0.2, 0) is 17.8 Å². The number of ether oxygens (including phenoxy) is 2. The molecule has 7 heteroatoms. The minimum Gasteiger partial charge on any atom is -0.493 e. The summed E-state index contributed by atoms with van der Waals surface area (Å²) < 4.78 is 12.8. The second-order valence-electron chi connectivity index (χ2n) is 7.15. The first kappa shape index (κ1) is 22.1. The summed E-state index contributed by atoms with van der Waals surface area (Å²) in [4.78, 5) is 16.9. The van der Waals surface area contributed by atoms with Gasteiger partial charge in [-0.1, -0.05) is 31.7 Å². The number of hydrogen-bond acceptors (Lipinski definition) is 5. The van der Waals surface area contributed by atoms with E-state index in [4.69, 9.17) is 9.47 Å². The normalized spacial score (nSPS) is 11.0. The minimum atomic E-state index is 0.0138. The molecule has 0 saturated carbocycles. The van der Waals surface area contributed by atoms with Crippen LogP contribution in [0.3, 0.4) is 0 Å². The van der Waals surface area contributed by atoms with Crippen molar-refractivity contribution in [3.8, 4) is 11.5 Å². The quantitative estimate of drug-likeness (QED) is 0.612. The molecule has 154 valence electrons. The summed E-state index contributed by atoms with van der Waals surface area (Å²) in [6.45, 7) is 9.95. The molecular weight excluding hydrogens is 374 g/mol. The van der Waals surface area contributed by atoms with Crippen molar-refractivity contribution in [2.24, 2.45) is 5.92 Å². The second kappa shape index (κ2) is 10.4. The number of nitrogens with one attached hydrogen (secondary N) is 1. The highest BCUT2D eigenvalue weighted by molar-refractivity contribution is 7.99. The van der Waals surface area contributed by atoms with Crippen LogP contribution in [0.15, 0.2) is 23.4 Å². The van der Waals surface area contributed by atoms with Gasteiger partial charge in [0.15, 0.2) is 16.7 Å². The highest BCUT2D eigenvalue weighted by Gasteiger charge is 2.14. The Bertz CT molecular complexity index is 802. The van der Waals surface area contributed by atoms with Crippen LogP contribution in [-0.4, -0.2) is 42.0 Å². The van der Waals surface area contributed by atoms with Crippen LogP contribution in [0.2, 0.25) is 0 Å². The lowest BCUT2D eigenvalue weighted by atomic mass is 10.1. The molecule has 0 aliphatic heterocycles. The Kier molecular flexibility index (Phi) is 8.23. The molecule has 0 aliphatic carbocycles. The van der Waals surface area contributed by atoms with Crippen LogP contribution in [0.1, 0.15) is 30.8 Å². The molecule has 0 fully saturated rings. The Morgan fingerprint density at radius 2 is 1.93 bits per heavy atom. The van der Waals surface area contributed by atoms with E-state index in [0.717, 1.165) is 29.4 Å². The summed E-state index contributed by atoms with van der Waals surface area (Å²) in [6, 6.07) is 5.80. The highest BCUT2D eigenvalue weighted by Crippen LogP contribution is 2.27. The SMILES string of the molecule is COc1ccc(CCNC(=O)CSc2nc(C)c(C)n2CC(C)C)cc1OC. The number of carbonyl (C=O) groups is 1. The third-order valence-electron chi connectivity index (χ3n) is 4.49. The Morgan fingerprint density at radius 3 is 2.57 bits per heavy atom. The molecule has 1 amide bonds. The summed E-state index contributed by atoms with van der Waals surface area (Å²) in [5.41, 5.74) is 3.28. The maximum Gasteiger partial charge on any atom is 0.230 e. The fraction of sp³-hybridized carbons (Fsp3) is 0.524. The first-order valence-electron chi connectivity index (χ1n) is 9.49. The molecule has 0 spiro atoms. The largest absolute Gasteiger partial charge is 0.493 e. The molecule has 1 aromatic carbocycles. The Morgan fingerprint density at radius 1 is 1.21 bits per heavy atom. The summed E-state index contributed by atoms with van der Waals surface area (Å²) in [5.74, 6) is 2.31. The molecule has 28 heavy (non-hydrogen) atoms. The van der Waals surface area contributed by atoms with E-state index >= 15 is 0 Å². The fourth-order valence-electron chi connectivity index (χ4n) is 2.88. The average molecular weight is 406 g/mol. The van der Waals surface area contributed by atoms with Gasteiger partial charge in [0.2, 0.25) is 5.91 Å². The van der Waals surface area contributed by atoms with E-state index in [1.54, 1.807) is 14.2 Å². The highest BCUT2D eigenvalue weighted by atomic mass is 32.2. The molecule has 0 radical (unpaired) electrons. The van der Waals surface area contributed by atoms with E-state index in [9.17, 15) is 4.79 Å². The molecule has 0 aliphatic rings. The van der Waals surface area contributed by atoms with E-state index in [1.807, 2.05) is 25.1 Å². The van der Waals surface area contributed by atoms with Gasteiger partial charge in [0.1, 0.15) is 0 Å². The van der Waals surface area contributed by atoms with Crippen LogP contribution < -0.4 is 14.8 Å². The summed E-state index contributed by atoms with van der Waals surface area (Å²) in [6.07, 6.45) is 0.733. The number of rotatable bonds is 10. The van der Waals surface area contributed by atoms with Crippen molar-refractivity contribution in [3.63, 3.8) is 0 Å². The minimum absolute atomic E-state index is 0.0138. The topological polar surface area (TPSA) is 65.4 Å². The molecule has 6 nitrogen and oxygen atoms in total. The average Bonchev–Trinajstić information content (AvgIpc) is 2.93. The fourth-order valence-corrected chi connectivity index (χ4v) is 3.81. The smallest absolute Gasteiger partial charge is 0.230 e. The maximum atomic E-state index is 12.2.